The van der Waals surface area contributed by atoms with Crippen LogP contribution in [0, 0.1) is 13.8 Å². The maximum absolute atomic E-state index is 11.3. The molecule has 2 aromatic rings. The van der Waals surface area contributed by atoms with E-state index in [1.54, 1.807) is 6.20 Å². The third-order valence-corrected chi connectivity index (χ3v) is 3.33. The van der Waals surface area contributed by atoms with Crippen molar-refractivity contribution in [1.29, 1.82) is 0 Å². The van der Waals surface area contributed by atoms with E-state index in [9.17, 15) is 4.79 Å². The molecule has 0 aliphatic heterocycles. The van der Waals surface area contributed by atoms with Crippen LogP contribution in [0.1, 0.15) is 48.6 Å². The van der Waals surface area contributed by atoms with Crippen LogP contribution in [0.25, 0.3) is 11.3 Å². The van der Waals surface area contributed by atoms with E-state index in [0.29, 0.717) is 5.56 Å². The maximum atomic E-state index is 11.3. The quantitative estimate of drug-likeness (QED) is 0.794. The summed E-state index contributed by atoms with van der Waals surface area (Å²) < 4.78 is 3.76. The molecule has 0 fully saturated rings. The molecule has 0 aliphatic rings. The van der Waals surface area contributed by atoms with Crippen molar-refractivity contribution in [3.63, 3.8) is 0 Å². The molecule has 0 bridgehead atoms. The number of aldehydes is 1. The fourth-order valence-corrected chi connectivity index (χ4v) is 2.30. The zero-order valence-electron chi connectivity index (χ0n) is 12.1. The lowest BCUT2D eigenvalue weighted by Crippen LogP contribution is -2.01. The molecule has 19 heavy (non-hydrogen) atoms. The molecule has 0 atom stereocenters. The summed E-state index contributed by atoms with van der Waals surface area (Å²) in [4.78, 5) is 11.3. The van der Waals surface area contributed by atoms with Gasteiger partial charge >= 0.3 is 0 Å². The van der Waals surface area contributed by atoms with Crippen LogP contribution >= 0.6 is 0 Å². The lowest BCUT2D eigenvalue weighted by Gasteiger charge is -2.04. The Morgan fingerprint density at radius 3 is 2.47 bits per heavy atom. The minimum Gasteiger partial charge on any atom is -0.298 e. The van der Waals surface area contributed by atoms with Gasteiger partial charge in [-0.25, -0.2) is 0 Å². The Hall–Kier alpha value is -1.91. The van der Waals surface area contributed by atoms with Crippen LogP contribution < -0.4 is 0 Å². The maximum Gasteiger partial charge on any atom is 0.153 e. The average molecular weight is 260 g/mol. The first-order valence-corrected chi connectivity index (χ1v) is 6.58. The normalized spacial score (nSPS) is 11.3. The molecular formula is C14H20N4O. The number of carbonyl (C=O) groups excluding carboxylic acids is 1. The fourth-order valence-electron chi connectivity index (χ4n) is 2.30. The molecule has 5 nitrogen and oxygen atoms in total. The van der Waals surface area contributed by atoms with Crippen LogP contribution in [0.4, 0.5) is 0 Å². The van der Waals surface area contributed by atoms with Crippen molar-refractivity contribution in [2.75, 3.05) is 0 Å². The summed E-state index contributed by atoms with van der Waals surface area (Å²) in [6, 6.07) is 0.231. The zero-order valence-corrected chi connectivity index (χ0v) is 12.1. The van der Waals surface area contributed by atoms with Gasteiger partial charge in [0.05, 0.1) is 11.3 Å². The van der Waals surface area contributed by atoms with Crippen molar-refractivity contribution in [1.82, 2.24) is 19.6 Å². The van der Waals surface area contributed by atoms with E-state index in [0.717, 1.165) is 35.5 Å². The Morgan fingerprint density at radius 2 is 2.00 bits per heavy atom. The molecule has 0 spiro atoms. The van der Waals surface area contributed by atoms with Gasteiger partial charge in [0.15, 0.2) is 6.29 Å². The Balaban J connectivity index is 2.64. The molecule has 0 amide bonds. The highest BCUT2D eigenvalue weighted by Crippen LogP contribution is 2.28. The largest absolute Gasteiger partial charge is 0.298 e. The van der Waals surface area contributed by atoms with Gasteiger partial charge in [0, 0.05) is 30.0 Å². The highest BCUT2D eigenvalue weighted by Gasteiger charge is 2.19. The lowest BCUT2D eigenvalue weighted by atomic mass is 10.1. The summed E-state index contributed by atoms with van der Waals surface area (Å²) in [6.07, 6.45) is 2.67. The second-order valence-corrected chi connectivity index (χ2v) is 4.99. The predicted octanol–water partition coefficient (Wildman–Crippen LogP) is 2.78. The number of carbonyl (C=O) groups is 1. The molecule has 2 rings (SSSR count). The fraction of sp³-hybridized carbons (Fsp3) is 0.500. The van der Waals surface area contributed by atoms with Crippen molar-refractivity contribution in [2.24, 2.45) is 0 Å². The van der Waals surface area contributed by atoms with Crippen molar-refractivity contribution in [3.05, 3.63) is 23.1 Å². The van der Waals surface area contributed by atoms with Crippen molar-refractivity contribution in [3.8, 4) is 11.3 Å². The van der Waals surface area contributed by atoms with Crippen molar-refractivity contribution in [2.45, 2.75) is 47.2 Å². The van der Waals surface area contributed by atoms with E-state index >= 15 is 0 Å². The number of hydrogen-bond acceptors (Lipinski definition) is 3. The summed E-state index contributed by atoms with van der Waals surface area (Å²) in [7, 11) is 0. The molecule has 5 heteroatoms. The molecule has 0 saturated carbocycles. The Labute approximate surface area is 113 Å². The average Bonchev–Trinajstić information content (AvgIpc) is 2.90. The minimum absolute atomic E-state index is 0.231. The van der Waals surface area contributed by atoms with Crippen molar-refractivity contribution < 1.29 is 4.79 Å². The molecule has 0 aliphatic carbocycles. The van der Waals surface area contributed by atoms with Gasteiger partial charge in [-0.2, -0.15) is 10.2 Å². The number of rotatable bonds is 4. The summed E-state index contributed by atoms with van der Waals surface area (Å²) in [6.45, 7) is 10.9. The Kier molecular flexibility index (Phi) is 3.55. The molecule has 0 saturated heterocycles. The number of aryl methyl sites for hydroxylation is 2. The third kappa shape index (κ3) is 2.20. The van der Waals surface area contributed by atoms with E-state index < -0.39 is 0 Å². The first-order valence-electron chi connectivity index (χ1n) is 6.58. The van der Waals surface area contributed by atoms with Crippen LogP contribution in [-0.2, 0) is 6.54 Å². The number of hydrogen-bond donors (Lipinski definition) is 0. The summed E-state index contributed by atoms with van der Waals surface area (Å²) in [5.41, 5.74) is 4.30. The topological polar surface area (TPSA) is 52.7 Å². The van der Waals surface area contributed by atoms with Gasteiger partial charge in [0.25, 0.3) is 0 Å². The second-order valence-electron chi connectivity index (χ2n) is 4.99. The van der Waals surface area contributed by atoms with Gasteiger partial charge in [0.1, 0.15) is 5.69 Å². The highest BCUT2D eigenvalue weighted by molar-refractivity contribution is 5.86. The monoisotopic (exact) mass is 260 g/mol. The van der Waals surface area contributed by atoms with E-state index in [1.165, 1.54) is 0 Å². The third-order valence-electron chi connectivity index (χ3n) is 3.33. The summed E-state index contributed by atoms with van der Waals surface area (Å²) in [5.74, 6) is 0. The zero-order chi connectivity index (χ0) is 14.2. The van der Waals surface area contributed by atoms with Gasteiger partial charge < -0.3 is 0 Å². The second kappa shape index (κ2) is 4.99. The van der Waals surface area contributed by atoms with Crippen LogP contribution in [0.5, 0.6) is 0 Å². The Bertz CT molecular complexity index is 607. The van der Waals surface area contributed by atoms with Gasteiger partial charge in [-0.15, -0.1) is 0 Å². The van der Waals surface area contributed by atoms with Crippen LogP contribution in [-0.4, -0.2) is 25.8 Å². The van der Waals surface area contributed by atoms with E-state index in [-0.39, 0.29) is 6.04 Å². The van der Waals surface area contributed by atoms with Gasteiger partial charge in [-0.1, -0.05) is 0 Å². The number of aromatic nitrogens is 4. The summed E-state index contributed by atoms with van der Waals surface area (Å²) >= 11 is 0. The molecule has 2 heterocycles. The lowest BCUT2D eigenvalue weighted by molar-refractivity contribution is 0.112. The van der Waals surface area contributed by atoms with E-state index in [2.05, 4.69) is 17.1 Å². The molecule has 0 radical (unpaired) electrons. The first-order chi connectivity index (χ1) is 8.99. The molecular weight excluding hydrogens is 240 g/mol. The van der Waals surface area contributed by atoms with Crippen molar-refractivity contribution >= 4 is 6.29 Å². The molecule has 0 aromatic carbocycles. The minimum atomic E-state index is 0.231. The van der Waals surface area contributed by atoms with Gasteiger partial charge in [-0.05, 0) is 34.6 Å². The summed E-state index contributed by atoms with van der Waals surface area (Å²) in [5, 5.41) is 9.04. The van der Waals surface area contributed by atoms with Crippen LogP contribution in [0.2, 0.25) is 0 Å². The Morgan fingerprint density at radius 1 is 1.32 bits per heavy atom. The van der Waals surface area contributed by atoms with Crippen LogP contribution in [0.3, 0.4) is 0 Å². The van der Waals surface area contributed by atoms with Gasteiger partial charge in [-0.3, -0.25) is 14.2 Å². The smallest absolute Gasteiger partial charge is 0.153 e. The van der Waals surface area contributed by atoms with E-state index in [1.807, 2.05) is 37.1 Å². The number of nitrogens with zero attached hydrogens (tertiary/aromatic N) is 4. The van der Waals surface area contributed by atoms with E-state index in [4.69, 9.17) is 0 Å². The van der Waals surface area contributed by atoms with Crippen LogP contribution in [0.15, 0.2) is 6.20 Å². The molecule has 0 unspecified atom stereocenters. The first kappa shape index (κ1) is 13.5. The SMILES string of the molecule is CCn1nc(C)c(-c2nn(C(C)C)cc2C=O)c1C. The molecule has 102 valence electrons. The van der Waals surface area contributed by atoms with Gasteiger partial charge in [0.2, 0.25) is 0 Å². The molecule has 0 N–H and O–H groups in total. The standard InChI is InChI=1S/C14H20N4O/c1-6-17-11(5)13(10(4)15-17)14-12(8-19)7-18(16-14)9(2)3/h7-9H,6H2,1-5H3. The molecule has 2 aromatic heterocycles. The predicted molar refractivity (Wildman–Crippen MR) is 74.4 cm³/mol. The highest BCUT2D eigenvalue weighted by atomic mass is 16.1.